The summed E-state index contributed by atoms with van der Waals surface area (Å²) in [6, 6.07) is 21.3. The number of nitriles is 1. The highest BCUT2D eigenvalue weighted by atomic mass is 16.2. The van der Waals surface area contributed by atoms with Gasteiger partial charge in [0.05, 0.1) is 24.0 Å². The molecule has 1 fully saturated rings. The SMILES string of the molecule is CN(CC(=O)N1CC(C(=O)Nc2ccccc2)CC1C#N)C(=O)c1ccc2ccccc2n1. The van der Waals surface area contributed by atoms with Gasteiger partial charge in [-0.1, -0.05) is 42.5 Å². The largest absolute Gasteiger partial charge is 0.331 e. The number of amides is 3. The number of hydrogen-bond donors (Lipinski definition) is 1. The number of likely N-dealkylation sites (N-methyl/N-ethyl adjacent to an activating group) is 1. The van der Waals surface area contributed by atoms with Gasteiger partial charge in [-0.15, -0.1) is 0 Å². The Morgan fingerprint density at radius 1 is 1.09 bits per heavy atom. The normalized spacial score (nSPS) is 17.4. The molecule has 33 heavy (non-hydrogen) atoms. The highest BCUT2D eigenvalue weighted by Gasteiger charge is 2.39. The molecular weight excluding hydrogens is 418 g/mol. The summed E-state index contributed by atoms with van der Waals surface area (Å²) >= 11 is 0. The smallest absolute Gasteiger partial charge is 0.272 e. The topological polar surface area (TPSA) is 106 Å². The van der Waals surface area contributed by atoms with Crippen LogP contribution in [0.1, 0.15) is 16.9 Å². The first-order valence-corrected chi connectivity index (χ1v) is 10.6. The maximum Gasteiger partial charge on any atom is 0.272 e. The van der Waals surface area contributed by atoms with Crippen LogP contribution in [0, 0.1) is 17.2 Å². The maximum atomic E-state index is 12.9. The lowest BCUT2D eigenvalue weighted by atomic mass is 10.1. The molecule has 3 aromatic rings. The third kappa shape index (κ3) is 4.83. The predicted molar refractivity (Wildman–Crippen MR) is 123 cm³/mol. The second-order valence-electron chi connectivity index (χ2n) is 8.03. The van der Waals surface area contributed by atoms with E-state index in [0.29, 0.717) is 11.2 Å². The van der Waals surface area contributed by atoms with Crippen molar-refractivity contribution < 1.29 is 14.4 Å². The van der Waals surface area contributed by atoms with E-state index in [1.807, 2.05) is 48.5 Å². The quantitative estimate of drug-likeness (QED) is 0.655. The molecule has 0 radical (unpaired) electrons. The lowest BCUT2D eigenvalue weighted by Gasteiger charge is -2.23. The molecule has 2 heterocycles. The van der Waals surface area contributed by atoms with Crippen molar-refractivity contribution in [2.45, 2.75) is 12.5 Å². The Hall–Kier alpha value is -4.25. The van der Waals surface area contributed by atoms with Crippen molar-refractivity contribution in [1.82, 2.24) is 14.8 Å². The average Bonchev–Trinajstić information content (AvgIpc) is 3.29. The van der Waals surface area contributed by atoms with Crippen molar-refractivity contribution in [3.8, 4) is 6.07 Å². The molecule has 1 saturated heterocycles. The van der Waals surface area contributed by atoms with E-state index in [2.05, 4.69) is 16.4 Å². The van der Waals surface area contributed by atoms with Crippen molar-refractivity contribution >= 4 is 34.3 Å². The van der Waals surface area contributed by atoms with Gasteiger partial charge >= 0.3 is 0 Å². The fourth-order valence-corrected chi connectivity index (χ4v) is 3.94. The number of nitrogens with zero attached hydrogens (tertiary/aromatic N) is 4. The van der Waals surface area contributed by atoms with Crippen LogP contribution in [0.15, 0.2) is 66.7 Å². The summed E-state index contributed by atoms with van der Waals surface area (Å²) in [5.41, 5.74) is 1.59. The molecule has 2 unspecified atom stereocenters. The number of benzene rings is 2. The zero-order valence-corrected chi connectivity index (χ0v) is 18.1. The van der Waals surface area contributed by atoms with Gasteiger partial charge in [0.1, 0.15) is 11.7 Å². The Morgan fingerprint density at radius 3 is 2.58 bits per heavy atom. The number of aromatic nitrogens is 1. The molecule has 4 rings (SSSR count). The number of pyridine rings is 1. The number of rotatable bonds is 5. The summed E-state index contributed by atoms with van der Waals surface area (Å²) < 4.78 is 0. The Balaban J connectivity index is 1.40. The third-order valence-electron chi connectivity index (χ3n) is 5.72. The fourth-order valence-electron chi connectivity index (χ4n) is 3.94. The van der Waals surface area contributed by atoms with E-state index < -0.39 is 12.0 Å². The fraction of sp³-hybridized carbons (Fsp3) is 0.240. The zero-order valence-electron chi connectivity index (χ0n) is 18.1. The summed E-state index contributed by atoms with van der Waals surface area (Å²) in [7, 11) is 1.52. The summed E-state index contributed by atoms with van der Waals surface area (Å²) in [5, 5.41) is 13.3. The Labute approximate surface area is 191 Å². The van der Waals surface area contributed by atoms with Gasteiger partial charge < -0.3 is 15.1 Å². The van der Waals surface area contributed by atoms with E-state index in [4.69, 9.17) is 0 Å². The highest BCUT2D eigenvalue weighted by Crippen LogP contribution is 2.25. The van der Waals surface area contributed by atoms with E-state index in [1.54, 1.807) is 18.2 Å². The maximum absolute atomic E-state index is 12.9. The van der Waals surface area contributed by atoms with Crippen LogP contribution in [0.25, 0.3) is 10.9 Å². The Kier molecular flexibility index (Phi) is 6.31. The van der Waals surface area contributed by atoms with Crippen LogP contribution < -0.4 is 5.32 Å². The predicted octanol–water partition coefficient (Wildman–Crippen LogP) is 2.69. The summed E-state index contributed by atoms with van der Waals surface area (Å²) in [4.78, 5) is 45.4. The molecule has 1 aromatic heterocycles. The number of para-hydroxylation sites is 2. The molecule has 0 bridgehead atoms. The van der Waals surface area contributed by atoms with Gasteiger partial charge in [0, 0.05) is 24.7 Å². The molecule has 8 nitrogen and oxygen atoms in total. The molecule has 8 heteroatoms. The van der Waals surface area contributed by atoms with Gasteiger partial charge in [-0.2, -0.15) is 5.26 Å². The number of likely N-dealkylation sites (tertiary alicyclic amines) is 1. The van der Waals surface area contributed by atoms with Gasteiger partial charge in [0.2, 0.25) is 11.8 Å². The molecule has 0 spiro atoms. The van der Waals surface area contributed by atoms with Gasteiger partial charge in [-0.05, 0) is 30.7 Å². The van der Waals surface area contributed by atoms with E-state index >= 15 is 0 Å². The van der Waals surface area contributed by atoms with Crippen molar-refractivity contribution in [2.24, 2.45) is 5.92 Å². The Bertz CT molecular complexity index is 1240. The van der Waals surface area contributed by atoms with Gasteiger partial charge in [-0.25, -0.2) is 4.98 Å². The van der Waals surface area contributed by atoms with Gasteiger partial charge in [0.25, 0.3) is 5.91 Å². The van der Waals surface area contributed by atoms with Crippen molar-refractivity contribution in [3.05, 3.63) is 72.4 Å². The number of fused-ring (bicyclic) bond motifs is 1. The minimum atomic E-state index is -0.716. The van der Waals surface area contributed by atoms with Gasteiger partial charge in [0.15, 0.2) is 0 Å². The van der Waals surface area contributed by atoms with Crippen LogP contribution in [0.3, 0.4) is 0 Å². The third-order valence-corrected chi connectivity index (χ3v) is 5.72. The Morgan fingerprint density at radius 2 is 1.82 bits per heavy atom. The lowest BCUT2D eigenvalue weighted by Crippen LogP contribution is -2.43. The summed E-state index contributed by atoms with van der Waals surface area (Å²) in [6.45, 7) is -0.0788. The van der Waals surface area contributed by atoms with E-state index in [9.17, 15) is 19.6 Å². The van der Waals surface area contributed by atoms with Crippen LogP contribution in [0.5, 0.6) is 0 Å². The van der Waals surface area contributed by atoms with Crippen molar-refractivity contribution in [1.29, 1.82) is 5.26 Å². The average molecular weight is 441 g/mol. The summed E-state index contributed by atoms with van der Waals surface area (Å²) in [5.74, 6) is -1.50. The van der Waals surface area contributed by atoms with Crippen LogP contribution in [0.4, 0.5) is 5.69 Å². The molecule has 1 aliphatic heterocycles. The van der Waals surface area contributed by atoms with E-state index in [-0.39, 0.29) is 42.9 Å². The van der Waals surface area contributed by atoms with E-state index in [1.165, 1.54) is 16.8 Å². The highest BCUT2D eigenvalue weighted by molar-refractivity contribution is 5.97. The number of anilines is 1. The van der Waals surface area contributed by atoms with Crippen LogP contribution in [-0.2, 0) is 9.59 Å². The molecule has 2 atom stereocenters. The molecular formula is C25H23N5O3. The molecule has 166 valence electrons. The van der Waals surface area contributed by atoms with Crippen molar-refractivity contribution in [3.63, 3.8) is 0 Å². The van der Waals surface area contributed by atoms with Crippen LogP contribution in [0.2, 0.25) is 0 Å². The van der Waals surface area contributed by atoms with Gasteiger partial charge in [-0.3, -0.25) is 14.4 Å². The number of carbonyl (C=O) groups excluding carboxylic acids is 3. The first kappa shape index (κ1) is 22.0. The first-order chi connectivity index (χ1) is 16.0. The van der Waals surface area contributed by atoms with Crippen LogP contribution in [-0.4, -0.2) is 58.7 Å². The van der Waals surface area contributed by atoms with Crippen LogP contribution >= 0.6 is 0 Å². The monoisotopic (exact) mass is 441 g/mol. The van der Waals surface area contributed by atoms with E-state index in [0.717, 1.165) is 5.39 Å². The molecule has 0 saturated carbocycles. The molecule has 2 aromatic carbocycles. The summed E-state index contributed by atoms with van der Waals surface area (Å²) in [6.07, 6.45) is 0.255. The molecule has 1 N–H and O–H groups in total. The molecule has 1 aliphatic rings. The second-order valence-corrected chi connectivity index (χ2v) is 8.03. The molecule has 0 aliphatic carbocycles. The lowest BCUT2D eigenvalue weighted by molar-refractivity contribution is -0.131. The standard InChI is InChI=1S/C25H23N5O3/c1-29(25(33)22-12-11-17-7-5-6-10-21(17)28-22)16-23(31)30-15-18(13-20(30)14-26)24(32)27-19-8-3-2-4-9-19/h2-12,18,20H,13,15-16H2,1H3,(H,27,32). The van der Waals surface area contributed by atoms with Crippen molar-refractivity contribution in [2.75, 3.05) is 25.5 Å². The first-order valence-electron chi connectivity index (χ1n) is 10.6. The number of nitrogens with one attached hydrogen (secondary N) is 1. The second kappa shape index (κ2) is 9.49. The number of hydrogen-bond acceptors (Lipinski definition) is 5. The molecule has 3 amide bonds. The minimum absolute atomic E-state index is 0.131. The zero-order chi connectivity index (χ0) is 23.4. The minimum Gasteiger partial charge on any atom is -0.331 e. The number of carbonyl (C=O) groups is 3.